The predicted molar refractivity (Wildman–Crippen MR) is 154 cm³/mol. The molecule has 0 aliphatic rings. The third-order valence-corrected chi connectivity index (χ3v) is 6.27. The number of carboxylic acid groups (broad SMARTS) is 1. The lowest BCUT2D eigenvalue weighted by Crippen LogP contribution is -2.29. The molecule has 1 heterocycles. The first-order valence-electron chi connectivity index (χ1n) is 12.8. The van der Waals surface area contributed by atoms with Gasteiger partial charge in [-0.2, -0.15) is 4.98 Å². The standard InChI is InChI=1S/C32H28N2O7/c1-4-41-31(39)27-28(24-15-19(2)14-20(3)16-24)33-32(40)34(29(27)23-8-6-5-7-9-23)18-21-10-12-22(13-11-21)25(35)17-26(36)30(37)38/h5-17,35H,4,18H2,1-3H3,(H,37,38)/b25-17-. The molecular formula is C32H28N2O7. The number of aliphatic hydroxyl groups is 1. The van der Waals surface area contributed by atoms with Gasteiger partial charge in [0.1, 0.15) is 11.3 Å². The van der Waals surface area contributed by atoms with Gasteiger partial charge in [-0.1, -0.05) is 71.8 Å². The lowest BCUT2D eigenvalue weighted by atomic mass is 9.97. The quantitative estimate of drug-likeness (QED) is 0.129. The number of benzene rings is 3. The fourth-order valence-corrected chi connectivity index (χ4v) is 4.55. The Balaban J connectivity index is 1.91. The molecule has 208 valence electrons. The summed E-state index contributed by atoms with van der Waals surface area (Å²) < 4.78 is 6.85. The van der Waals surface area contributed by atoms with E-state index in [1.54, 1.807) is 43.3 Å². The fourth-order valence-electron chi connectivity index (χ4n) is 4.55. The number of carboxylic acids is 1. The highest BCUT2D eigenvalue weighted by molar-refractivity contribution is 6.38. The molecule has 2 N–H and O–H groups in total. The number of aromatic nitrogens is 2. The van der Waals surface area contributed by atoms with Gasteiger partial charge in [0.05, 0.1) is 24.5 Å². The van der Waals surface area contributed by atoms with E-state index in [0.29, 0.717) is 28.5 Å². The van der Waals surface area contributed by atoms with Gasteiger partial charge in [-0.15, -0.1) is 0 Å². The topological polar surface area (TPSA) is 136 Å². The molecule has 1 aromatic heterocycles. The molecule has 0 spiro atoms. The largest absolute Gasteiger partial charge is 0.507 e. The molecule has 0 saturated heterocycles. The minimum absolute atomic E-state index is 0.0222. The molecule has 0 aliphatic heterocycles. The second kappa shape index (κ2) is 12.3. The van der Waals surface area contributed by atoms with Gasteiger partial charge in [0, 0.05) is 17.2 Å². The molecule has 0 saturated carbocycles. The number of ether oxygens (including phenoxy) is 1. The minimum atomic E-state index is -1.69. The van der Waals surface area contributed by atoms with Crippen LogP contribution in [0.3, 0.4) is 0 Å². The smallest absolute Gasteiger partial charge is 0.376 e. The van der Waals surface area contributed by atoms with E-state index in [4.69, 9.17) is 9.84 Å². The molecule has 0 fully saturated rings. The molecule has 0 amide bonds. The van der Waals surface area contributed by atoms with Gasteiger partial charge in [0.2, 0.25) is 0 Å². The van der Waals surface area contributed by atoms with E-state index in [9.17, 15) is 24.3 Å². The van der Waals surface area contributed by atoms with Crippen molar-refractivity contribution in [1.29, 1.82) is 0 Å². The van der Waals surface area contributed by atoms with Crippen LogP contribution in [0.1, 0.15) is 39.5 Å². The lowest BCUT2D eigenvalue weighted by molar-refractivity contribution is -0.146. The van der Waals surface area contributed by atoms with Crippen molar-refractivity contribution in [2.45, 2.75) is 27.3 Å². The Morgan fingerprint density at radius 1 is 0.902 bits per heavy atom. The van der Waals surface area contributed by atoms with E-state index in [0.717, 1.165) is 11.1 Å². The van der Waals surface area contributed by atoms with Crippen molar-refractivity contribution in [1.82, 2.24) is 9.55 Å². The maximum atomic E-state index is 13.6. The highest BCUT2D eigenvalue weighted by Crippen LogP contribution is 2.32. The second-order valence-electron chi connectivity index (χ2n) is 9.41. The third kappa shape index (κ3) is 6.47. The summed E-state index contributed by atoms with van der Waals surface area (Å²) in [6.45, 7) is 5.70. The summed E-state index contributed by atoms with van der Waals surface area (Å²) in [7, 11) is 0. The third-order valence-electron chi connectivity index (χ3n) is 6.27. The normalized spacial score (nSPS) is 11.2. The first kappa shape index (κ1) is 28.7. The first-order valence-corrected chi connectivity index (χ1v) is 12.8. The Labute approximate surface area is 236 Å². The summed E-state index contributed by atoms with van der Waals surface area (Å²) in [6, 6.07) is 21.0. The Morgan fingerprint density at radius 3 is 2.12 bits per heavy atom. The fraction of sp³-hybridized carbons (Fsp3) is 0.156. The van der Waals surface area contributed by atoms with Crippen LogP contribution < -0.4 is 5.69 Å². The van der Waals surface area contributed by atoms with Gasteiger partial charge in [0.15, 0.2) is 0 Å². The number of rotatable bonds is 9. The van der Waals surface area contributed by atoms with E-state index >= 15 is 0 Å². The van der Waals surface area contributed by atoms with Crippen molar-refractivity contribution in [3.8, 4) is 22.5 Å². The number of nitrogens with zero attached hydrogens (tertiary/aromatic N) is 2. The molecule has 9 heteroatoms. The van der Waals surface area contributed by atoms with Crippen LogP contribution in [0, 0.1) is 13.8 Å². The van der Waals surface area contributed by atoms with Crippen LogP contribution in [0.25, 0.3) is 28.3 Å². The Kier molecular flexibility index (Phi) is 8.57. The van der Waals surface area contributed by atoms with Crippen LogP contribution in [0.15, 0.2) is 83.7 Å². The molecule has 3 aromatic carbocycles. The first-order chi connectivity index (χ1) is 19.6. The van der Waals surface area contributed by atoms with Crippen molar-refractivity contribution in [3.05, 3.63) is 117 Å². The number of carbonyl (C=O) groups excluding carboxylic acids is 2. The summed E-state index contributed by atoms with van der Waals surface area (Å²) in [4.78, 5) is 53.7. The van der Waals surface area contributed by atoms with E-state index < -0.39 is 29.2 Å². The zero-order valence-electron chi connectivity index (χ0n) is 22.7. The maximum absolute atomic E-state index is 13.6. The average Bonchev–Trinajstić information content (AvgIpc) is 2.94. The molecule has 41 heavy (non-hydrogen) atoms. The molecule has 9 nitrogen and oxygen atoms in total. The monoisotopic (exact) mass is 552 g/mol. The molecular weight excluding hydrogens is 524 g/mol. The van der Waals surface area contributed by atoms with Crippen LogP contribution in [-0.2, 0) is 20.9 Å². The Hall–Kier alpha value is -5.31. The van der Waals surface area contributed by atoms with E-state index in [-0.39, 0.29) is 30.0 Å². The van der Waals surface area contributed by atoms with E-state index in [2.05, 4.69) is 4.98 Å². The summed E-state index contributed by atoms with van der Waals surface area (Å²) in [6.07, 6.45) is 0.622. The van der Waals surface area contributed by atoms with Crippen LogP contribution in [0.5, 0.6) is 0 Å². The number of hydrogen-bond donors (Lipinski definition) is 2. The average molecular weight is 553 g/mol. The van der Waals surface area contributed by atoms with E-state index in [1.807, 2.05) is 38.1 Å². The predicted octanol–water partition coefficient (Wildman–Crippen LogP) is 4.97. The van der Waals surface area contributed by atoms with Gasteiger partial charge < -0.3 is 14.9 Å². The number of aryl methyl sites for hydroxylation is 2. The maximum Gasteiger partial charge on any atom is 0.376 e. The van der Waals surface area contributed by atoms with Crippen LogP contribution >= 0.6 is 0 Å². The van der Waals surface area contributed by atoms with Crippen LogP contribution in [0.4, 0.5) is 0 Å². The molecule has 0 unspecified atom stereocenters. The zero-order chi connectivity index (χ0) is 29.7. The van der Waals surface area contributed by atoms with Crippen LogP contribution in [-0.4, -0.2) is 44.1 Å². The molecule has 0 radical (unpaired) electrons. The van der Waals surface area contributed by atoms with Crippen molar-refractivity contribution < 1.29 is 29.3 Å². The lowest BCUT2D eigenvalue weighted by Gasteiger charge is -2.20. The second-order valence-corrected chi connectivity index (χ2v) is 9.41. The number of aliphatic hydroxyl groups excluding tert-OH is 1. The van der Waals surface area contributed by atoms with Crippen LogP contribution in [0.2, 0.25) is 0 Å². The number of aliphatic carboxylic acids is 1. The van der Waals surface area contributed by atoms with Gasteiger partial charge in [-0.3, -0.25) is 9.36 Å². The number of esters is 1. The van der Waals surface area contributed by atoms with E-state index in [1.165, 1.54) is 16.7 Å². The summed E-state index contributed by atoms with van der Waals surface area (Å²) in [5.74, 6) is -4.06. The highest BCUT2D eigenvalue weighted by atomic mass is 16.5. The zero-order valence-corrected chi connectivity index (χ0v) is 22.7. The number of carbonyl (C=O) groups is 3. The van der Waals surface area contributed by atoms with Gasteiger partial charge >= 0.3 is 17.6 Å². The summed E-state index contributed by atoms with van der Waals surface area (Å²) in [5, 5.41) is 18.9. The minimum Gasteiger partial charge on any atom is -0.507 e. The van der Waals surface area contributed by atoms with Gasteiger partial charge in [-0.25, -0.2) is 14.4 Å². The van der Waals surface area contributed by atoms with Crippen molar-refractivity contribution in [2.75, 3.05) is 6.61 Å². The SMILES string of the molecule is CCOC(=O)c1c(-c2cc(C)cc(C)c2)nc(=O)n(Cc2ccc(/C(O)=C/C(=O)C(=O)O)cc2)c1-c1ccccc1. The van der Waals surface area contributed by atoms with Crippen molar-refractivity contribution in [2.24, 2.45) is 0 Å². The van der Waals surface area contributed by atoms with Gasteiger partial charge in [-0.05, 0) is 44.0 Å². The number of hydrogen-bond acceptors (Lipinski definition) is 7. The Bertz CT molecular complexity index is 1700. The highest BCUT2D eigenvalue weighted by Gasteiger charge is 2.26. The van der Waals surface area contributed by atoms with Crippen molar-refractivity contribution >= 4 is 23.5 Å². The molecule has 0 atom stereocenters. The summed E-state index contributed by atoms with van der Waals surface area (Å²) in [5.41, 5.74) is 4.13. The molecule has 4 aromatic rings. The molecule has 0 bridgehead atoms. The summed E-state index contributed by atoms with van der Waals surface area (Å²) >= 11 is 0. The van der Waals surface area contributed by atoms with Gasteiger partial charge in [0.25, 0.3) is 5.78 Å². The number of ketones is 1. The molecule has 4 rings (SSSR count). The van der Waals surface area contributed by atoms with Crippen molar-refractivity contribution in [3.63, 3.8) is 0 Å². The Morgan fingerprint density at radius 2 is 1.54 bits per heavy atom. The molecule has 0 aliphatic carbocycles.